The number of amides is 2. The van der Waals surface area contributed by atoms with Crippen molar-refractivity contribution in [1.29, 1.82) is 0 Å². The molecule has 3 aromatic rings. The zero-order chi connectivity index (χ0) is 21.5. The summed E-state index contributed by atoms with van der Waals surface area (Å²) in [5.41, 5.74) is 4.82. The van der Waals surface area contributed by atoms with E-state index >= 15 is 0 Å². The molecule has 5 rings (SSSR count). The molecular formula is C22H26N6O2S. The van der Waals surface area contributed by atoms with Crippen LogP contribution in [0.3, 0.4) is 0 Å². The predicted octanol–water partition coefficient (Wildman–Crippen LogP) is 3.10. The first-order valence-electron chi connectivity index (χ1n) is 10.8. The topological polar surface area (TPSA) is 92.5 Å². The first kappa shape index (κ1) is 20.1. The zero-order valence-electron chi connectivity index (χ0n) is 17.8. The maximum atomic E-state index is 12.4. The Kier molecular flexibility index (Phi) is 5.21. The molecule has 162 valence electrons. The summed E-state index contributed by atoms with van der Waals surface area (Å²) in [6.07, 6.45) is 5.67. The number of aromatic nitrogens is 4. The van der Waals surface area contributed by atoms with Crippen LogP contribution in [-0.2, 0) is 16.0 Å². The van der Waals surface area contributed by atoms with Gasteiger partial charge in [-0.25, -0.2) is 14.5 Å². The van der Waals surface area contributed by atoms with Crippen molar-refractivity contribution in [2.75, 3.05) is 18.4 Å². The van der Waals surface area contributed by atoms with Crippen LogP contribution in [0, 0.1) is 19.8 Å². The van der Waals surface area contributed by atoms with E-state index in [0.717, 1.165) is 60.6 Å². The second-order valence-electron chi connectivity index (χ2n) is 8.53. The van der Waals surface area contributed by atoms with Crippen molar-refractivity contribution in [2.45, 2.75) is 51.9 Å². The van der Waals surface area contributed by atoms with Crippen molar-refractivity contribution in [1.82, 2.24) is 24.5 Å². The van der Waals surface area contributed by atoms with E-state index in [1.807, 2.05) is 28.6 Å². The minimum Gasteiger partial charge on any atom is -0.342 e. The Labute approximate surface area is 184 Å². The Balaban J connectivity index is 1.31. The van der Waals surface area contributed by atoms with Crippen molar-refractivity contribution >= 4 is 33.9 Å². The van der Waals surface area contributed by atoms with Gasteiger partial charge in [0.25, 0.3) is 0 Å². The Morgan fingerprint density at radius 1 is 1.26 bits per heavy atom. The summed E-state index contributed by atoms with van der Waals surface area (Å²) in [5, 5.41) is 10.1. The molecule has 4 heterocycles. The lowest BCUT2D eigenvalue weighted by atomic mass is 10.1. The number of carbonyl (C=O) groups is 2. The van der Waals surface area contributed by atoms with E-state index in [4.69, 9.17) is 10.1 Å². The van der Waals surface area contributed by atoms with Crippen LogP contribution in [0.5, 0.6) is 0 Å². The fourth-order valence-corrected chi connectivity index (χ4v) is 4.95. The largest absolute Gasteiger partial charge is 0.342 e. The van der Waals surface area contributed by atoms with Gasteiger partial charge in [0.2, 0.25) is 11.8 Å². The van der Waals surface area contributed by atoms with Gasteiger partial charge < -0.3 is 10.2 Å². The number of thiazole rings is 1. The molecule has 1 atom stereocenters. The van der Waals surface area contributed by atoms with Crippen LogP contribution in [0.25, 0.3) is 5.65 Å². The van der Waals surface area contributed by atoms with Crippen LogP contribution in [0.1, 0.15) is 54.2 Å². The third-order valence-corrected chi connectivity index (χ3v) is 7.00. The average Bonchev–Trinajstić information content (AvgIpc) is 3.12. The van der Waals surface area contributed by atoms with E-state index < -0.39 is 0 Å². The molecule has 0 bridgehead atoms. The first-order valence-corrected chi connectivity index (χ1v) is 11.7. The second-order valence-corrected chi connectivity index (χ2v) is 9.42. The summed E-state index contributed by atoms with van der Waals surface area (Å²) in [4.78, 5) is 35.5. The molecule has 0 spiro atoms. The van der Waals surface area contributed by atoms with Gasteiger partial charge in [0.05, 0.1) is 5.69 Å². The third kappa shape index (κ3) is 4.06. The van der Waals surface area contributed by atoms with Gasteiger partial charge in [-0.3, -0.25) is 9.59 Å². The molecule has 1 aliphatic carbocycles. The number of nitrogens with zero attached hydrogens (tertiary/aromatic N) is 5. The fraction of sp³-hybridized carbons (Fsp3) is 0.500. The molecule has 3 aromatic heterocycles. The number of aryl methyl sites for hydroxylation is 2. The lowest BCUT2D eigenvalue weighted by Crippen LogP contribution is -2.29. The molecule has 31 heavy (non-hydrogen) atoms. The van der Waals surface area contributed by atoms with E-state index in [-0.39, 0.29) is 17.7 Å². The Morgan fingerprint density at radius 3 is 2.84 bits per heavy atom. The number of anilines is 1. The highest BCUT2D eigenvalue weighted by molar-refractivity contribution is 7.13. The standard InChI is InChI=1S/C22H26N6O2S/c1-13-17(5-6-20(29)25-22-23-8-10-31-22)14(2)28-19(24-13)11-18(26-28)16-7-9-27(12-16)21(30)15-3-4-15/h8,10-11,15-16H,3-7,9,12H2,1-2H3,(H,23,25,29)/t16-/m1/s1. The minimum atomic E-state index is -0.0543. The molecule has 9 heteroatoms. The van der Waals surface area contributed by atoms with Gasteiger partial charge in [-0.1, -0.05) is 0 Å². The van der Waals surface area contributed by atoms with Gasteiger partial charge in [0, 0.05) is 60.4 Å². The average molecular weight is 439 g/mol. The lowest BCUT2D eigenvalue weighted by molar-refractivity contribution is -0.131. The van der Waals surface area contributed by atoms with E-state index in [0.29, 0.717) is 23.9 Å². The highest BCUT2D eigenvalue weighted by atomic mass is 32.1. The van der Waals surface area contributed by atoms with Gasteiger partial charge in [0.15, 0.2) is 10.8 Å². The number of hydrogen-bond acceptors (Lipinski definition) is 6. The molecule has 2 amide bonds. The van der Waals surface area contributed by atoms with Crippen molar-refractivity contribution < 1.29 is 9.59 Å². The first-order chi connectivity index (χ1) is 15.0. The number of rotatable bonds is 6. The van der Waals surface area contributed by atoms with E-state index in [2.05, 4.69) is 16.4 Å². The monoisotopic (exact) mass is 438 g/mol. The van der Waals surface area contributed by atoms with E-state index in [1.54, 1.807) is 6.20 Å². The van der Waals surface area contributed by atoms with Crippen molar-refractivity contribution in [3.63, 3.8) is 0 Å². The van der Waals surface area contributed by atoms with E-state index in [9.17, 15) is 9.59 Å². The van der Waals surface area contributed by atoms with Gasteiger partial charge in [-0.05, 0) is 45.1 Å². The summed E-state index contributed by atoms with van der Waals surface area (Å²) in [5.74, 6) is 0.787. The Bertz CT molecular complexity index is 1130. The van der Waals surface area contributed by atoms with Crippen molar-refractivity contribution in [2.24, 2.45) is 5.92 Å². The Hall–Kier alpha value is -2.81. The minimum absolute atomic E-state index is 0.0543. The van der Waals surface area contributed by atoms with Gasteiger partial charge >= 0.3 is 0 Å². The molecule has 1 saturated heterocycles. The van der Waals surface area contributed by atoms with Crippen LogP contribution < -0.4 is 5.32 Å². The zero-order valence-corrected chi connectivity index (χ0v) is 18.6. The highest BCUT2D eigenvalue weighted by Gasteiger charge is 2.37. The maximum absolute atomic E-state index is 12.4. The summed E-state index contributed by atoms with van der Waals surface area (Å²) < 4.78 is 1.89. The smallest absolute Gasteiger partial charge is 0.226 e. The SMILES string of the molecule is Cc1nc2cc([C@@H]3CCN(C(=O)C4CC4)C3)nn2c(C)c1CCC(=O)Nc1nccs1. The molecule has 1 saturated carbocycles. The molecule has 0 aromatic carbocycles. The van der Waals surface area contributed by atoms with Crippen LogP contribution >= 0.6 is 11.3 Å². The number of nitrogens with one attached hydrogen (secondary N) is 1. The molecule has 0 radical (unpaired) electrons. The third-order valence-electron chi connectivity index (χ3n) is 6.31. The molecule has 1 aliphatic heterocycles. The van der Waals surface area contributed by atoms with E-state index in [1.165, 1.54) is 11.3 Å². The predicted molar refractivity (Wildman–Crippen MR) is 118 cm³/mol. The normalized spacial score (nSPS) is 18.6. The number of hydrogen-bond donors (Lipinski definition) is 1. The molecule has 2 aliphatic rings. The lowest BCUT2D eigenvalue weighted by Gasteiger charge is -2.15. The summed E-state index contributed by atoms with van der Waals surface area (Å²) in [6.45, 7) is 5.59. The molecule has 1 N–H and O–H groups in total. The van der Waals surface area contributed by atoms with Crippen LogP contribution in [0.2, 0.25) is 0 Å². The van der Waals surface area contributed by atoms with Crippen molar-refractivity contribution in [3.05, 3.63) is 40.3 Å². The van der Waals surface area contributed by atoms with Gasteiger partial charge in [0.1, 0.15) is 0 Å². The maximum Gasteiger partial charge on any atom is 0.226 e. The Morgan fingerprint density at radius 2 is 2.10 bits per heavy atom. The quantitative estimate of drug-likeness (QED) is 0.638. The highest BCUT2D eigenvalue weighted by Crippen LogP contribution is 2.35. The van der Waals surface area contributed by atoms with Gasteiger partial charge in [-0.2, -0.15) is 5.10 Å². The summed E-state index contributed by atoms with van der Waals surface area (Å²) in [6, 6.07) is 2.05. The second kappa shape index (κ2) is 8.03. The van der Waals surface area contributed by atoms with Crippen molar-refractivity contribution in [3.8, 4) is 0 Å². The molecule has 8 nitrogen and oxygen atoms in total. The molecular weight excluding hydrogens is 412 g/mol. The summed E-state index contributed by atoms with van der Waals surface area (Å²) >= 11 is 1.41. The van der Waals surface area contributed by atoms with Crippen LogP contribution in [0.4, 0.5) is 5.13 Å². The number of fused-ring (bicyclic) bond motifs is 1. The van der Waals surface area contributed by atoms with Crippen LogP contribution in [0.15, 0.2) is 17.6 Å². The fourth-order valence-electron chi connectivity index (χ4n) is 4.40. The van der Waals surface area contributed by atoms with Gasteiger partial charge in [-0.15, -0.1) is 11.3 Å². The molecule has 2 fully saturated rings. The number of carbonyl (C=O) groups excluding carboxylic acids is 2. The molecule has 0 unspecified atom stereocenters. The summed E-state index contributed by atoms with van der Waals surface area (Å²) in [7, 11) is 0. The number of likely N-dealkylation sites (tertiary alicyclic amines) is 1. The van der Waals surface area contributed by atoms with Crippen LogP contribution in [-0.4, -0.2) is 49.4 Å².